The van der Waals surface area contributed by atoms with Gasteiger partial charge >= 0.3 is 5.69 Å². The molecule has 2 heterocycles. The Morgan fingerprint density at radius 1 is 1.47 bits per heavy atom. The Labute approximate surface area is 113 Å². The number of hydrogen-bond donors (Lipinski definition) is 2. The molecule has 2 aromatic heterocycles. The lowest BCUT2D eigenvalue weighted by Crippen LogP contribution is -2.40. The summed E-state index contributed by atoms with van der Waals surface area (Å²) in [6.07, 6.45) is 0. The minimum absolute atomic E-state index is 0.110. The van der Waals surface area contributed by atoms with Gasteiger partial charge < -0.3 is 0 Å². The molecule has 0 amide bonds. The van der Waals surface area contributed by atoms with Gasteiger partial charge in [-0.1, -0.05) is 0 Å². The maximum atomic E-state index is 12.1. The van der Waals surface area contributed by atoms with Gasteiger partial charge in [-0.25, -0.2) is 4.79 Å². The van der Waals surface area contributed by atoms with Crippen LogP contribution in [0.1, 0.15) is 0 Å². The highest BCUT2D eigenvalue weighted by Gasteiger charge is 2.13. The normalized spacial score (nSPS) is 13.1. The minimum atomic E-state index is -0.304. The molecule has 0 fully saturated rings. The van der Waals surface area contributed by atoms with E-state index in [9.17, 15) is 9.59 Å². The van der Waals surface area contributed by atoms with E-state index in [2.05, 4.69) is 25.3 Å². The third-order valence-corrected chi connectivity index (χ3v) is 4.53. The molecule has 0 saturated carbocycles. The minimum Gasteiger partial charge on any atom is -0.295 e. The molecular weight excluding hydrogens is 276 g/mol. The lowest BCUT2D eigenvalue weighted by Gasteiger charge is -2.11. The van der Waals surface area contributed by atoms with Crippen molar-refractivity contribution in [1.29, 1.82) is 0 Å². The van der Waals surface area contributed by atoms with Crippen LogP contribution >= 0.6 is 36.6 Å². The second-order valence-corrected chi connectivity index (χ2v) is 5.74. The summed E-state index contributed by atoms with van der Waals surface area (Å²) >= 11 is 9.72. The SMILES string of the molecule is Cn1c(=O)n(C[C@@H](S)CS)c(=O)c2sccc21. The molecule has 0 spiro atoms. The van der Waals surface area contributed by atoms with E-state index in [0.29, 0.717) is 16.0 Å². The molecule has 0 aliphatic carbocycles. The molecule has 2 aromatic rings. The summed E-state index contributed by atoms with van der Waals surface area (Å²) in [7, 11) is 1.67. The Hall–Kier alpha value is -0.660. The maximum absolute atomic E-state index is 12.1. The van der Waals surface area contributed by atoms with Crippen molar-refractivity contribution in [3.63, 3.8) is 0 Å². The van der Waals surface area contributed by atoms with Crippen molar-refractivity contribution in [3.05, 3.63) is 32.3 Å². The lowest BCUT2D eigenvalue weighted by molar-refractivity contribution is 0.608. The predicted octanol–water partition coefficient (Wildman–Crippen LogP) is 0.990. The van der Waals surface area contributed by atoms with Gasteiger partial charge in [0.1, 0.15) is 4.70 Å². The van der Waals surface area contributed by atoms with Crippen LogP contribution in [0.15, 0.2) is 21.0 Å². The fourth-order valence-corrected chi connectivity index (χ4v) is 2.80. The van der Waals surface area contributed by atoms with Gasteiger partial charge in [0.05, 0.1) is 5.52 Å². The number of hydrogen-bond acceptors (Lipinski definition) is 5. The molecule has 0 radical (unpaired) electrons. The first-order valence-electron chi connectivity index (χ1n) is 5.02. The summed E-state index contributed by atoms with van der Waals surface area (Å²) < 4.78 is 3.32. The van der Waals surface area contributed by atoms with Gasteiger partial charge in [-0.3, -0.25) is 13.9 Å². The molecule has 0 saturated heterocycles. The van der Waals surface area contributed by atoms with Crippen LogP contribution < -0.4 is 11.2 Å². The average molecular weight is 288 g/mol. The molecule has 2 rings (SSSR count). The van der Waals surface area contributed by atoms with E-state index in [0.717, 1.165) is 0 Å². The molecule has 7 heteroatoms. The van der Waals surface area contributed by atoms with Crippen LogP contribution in [0.3, 0.4) is 0 Å². The van der Waals surface area contributed by atoms with Crippen LogP contribution in [0.5, 0.6) is 0 Å². The van der Waals surface area contributed by atoms with E-state index in [-0.39, 0.29) is 23.0 Å². The smallest absolute Gasteiger partial charge is 0.295 e. The molecule has 0 aliphatic rings. The van der Waals surface area contributed by atoms with Gasteiger partial charge in [0.2, 0.25) is 0 Å². The molecule has 0 N–H and O–H groups in total. The Balaban J connectivity index is 2.71. The second-order valence-electron chi connectivity index (χ2n) is 3.73. The molecule has 0 unspecified atom stereocenters. The van der Waals surface area contributed by atoms with Crippen molar-refractivity contribution in [2.24, 2.45) is 7.05 Å². The zero-order valence-electron chi connectivity index (χ0n) is 9.16. The molecule has 0 aliphatic heterocycles. The average Bonchev–Trinajstić information content (AvgIpc) is 2.80. The Morgan fingerprint density at radius 3 is 2.82 bits per heavy atom. The van der Waals surface area contributed by atoms with Crippen molar-refractivity contribution in [2.45, 2.75) is 11.8 Å². The fourth-order valence-electron chi connectivity index (χ4n) is 1.65. The quantitative estimate of drug-likeness (QED) is 0.827. The zero-order valence-corrected chi connectivity index (χ0v) is 11.8. The fraction of sp³-hybridized carbons (Fsp3) is 0.400. The highest BCUT2D eigenvalue weighted by Crippen LogP contribution is 2.14. The highest BCUT2D eigenvalue weighted by molar-refractivity contribution is 7.84. The van der Waals surface area contributed by atoms with Gasteiger partial charge in [-0.15, -0.1) is 11.3 Å². The van der Waals surface area contributed by atoms with Crippen LogP contribution in [-0.4, -0.2) is 20.1 Å². The molecule has 4 nitrogen and oxygen atoms in total. The van der Waals surface area contributed by atoms with E-state index in [1.54, 1.807) is 13.1 Å². The molecular formula is C10H12N2O2S3. The molecule has 1 atom stereocenters. The van der Waals surface area contributed by atoms with Crippen molar-refractivity contribution >= 4 is 46.8 Å². The number of fused-ring (bicyclic) bond motifs is 1. The highest BCUT2D eigenvalue weighted by atomic mass is 32.1. The van der Waals surface area contributed by atoms with Crippen LogP contribution in [-0.2, 0) is 13.6 Å². The first-order chi connectivity index (χ1) is 8.06. The second kappa shape index (κ2) is 4.91. The Bertz CT molecular complexity index is 656. The third-order valence-electron chi connectivity index (χ3n) is 2.57. The molecule has 92 valence electrons. The zero-order chi connectivity index (χ0) is 12.6. The van der Waals surface area contributed by atoms with Gasteiger partial charge in [-0.2, -0.15) is 25.3 Å². The summed E-state index contributed by atoms with van der Waals surface area (Å²) in [6, 6.07) is 1.78. The predicted molar refractivity (Wildman–Crippen MR) is 78.0 cm³/mol. The van der Waals surface area contributed by atoms with Crippen molar-refractivity contribution < 1.29 is 0 Å². The Morgan fingerprint density at radius 2 is 2.18 bits per heavy atom. The number of aromatic nitrogens is 2. The Kier molecular flexibility index (Phi) is 3.70. The van der Waals surface area contributed by atoms with Gasteiger partial charge in [0.25, 0.3) is 5.56 Å². The van der Waals surface area contributed by atoms with Crippen LogP contribution in [0.4, 0.5) is 0 Å². The number of aryl methyl sites for hydroxylation is 1. The number of thiol groups is 2. The first kappa shape index (κ1) is 12.8. The summed E-state index contributed by atoms with van der Waals surface area (Å²) in [4.78, 5) is 24.1. The standard InChI is InChI=1S/C10H12N2O2S3/c1-11-7-2-3-17-8(7)9(13)12(10(11)14)4-6(16)5-15/h2-3,6,15-16H,4-5H2,1H3/t6-/m1/s1. The van der Waals surface area contributed by atoms with E-state index >= 15 is 0 Å². The van der Waals surface area contributed by atoms with Crippen molar-refractivity contribution in [1.82, 2.24) is 9.13 Å². The van der Waals surface area contributed by atoms with E-state index < -0.39 is 0 Å². The van der Waals surface area contributed by atoms with Crippen LogP contribution in [0.25, 0.3) is 10.2 Å². The molecule has 0 aromatic carbocycles. The van der Waals surface area contributed by atoms with E-state index in [1.165, 1.54) is 20.5 Å². The van der Waals surface area contributed by atoms with E-state index in [1.807, 2.05) is 5.38 Å². The van der Waals surface area contributed by atoms with E-state index in [4.69, 9.17) is 0 Å². The van der Waals surface area contributed by atoms with Crippen LogP contribution in [0, 0.1) is 0 Å². The number of nitrogens with zero attached hydrogens (tertiary/aromatic N) is 2. The maximum Gasteiger partial charge on any atom is 0.331 e. The third kappa shape index (κ3) is 2.19. The van der Waals surface area contributed by atoms with Gasteiger partial charge in [-0.05, 0) is 11.4 Å². The number of rotatable bonds is 3. The molecule has 0 bridgehead atoms. The van der Waals surface area contributed by atoms with Gasteiger partial charge in [0, 0.05) is 24.6 Å². The summed E-state index contributed by atoms with van der Waals surface area (Å²) in [5.74, 6) is 0.515. The largest absolute Gasteiger partial charge is 0.331 e. The number of thiophene rings is 1. The summed E-state index contributed by atoms with van der Waals surface area (Å²) in [5, 5.41) is 1.70. The lowest BCUT2D eigenvalue weighted by atomic mass is 10.4. The summed E-state index contributed by atoms with van der Waals surface area (Å²) in [5.41, 5.74) is 0.142. The first-order valence-corrected chi connectivity index (χ1v) is 7.05. The van der Waals surface area contributed by atoms with Gasteiger partial charge in [0.15, 0.2) is 0 Å². The van der Waals surface area contributed by atoms with Crippen molar-refractivity contribution in [2.75, 3.05) is 5.75 Å². The summed E-state index contributed by atoms with van der Waals surface area (Å²) in [6.45, 7) is 0.284. The van der Waals surface area contributed by atoms with Crippen molar-refractivity contribution in [3.8, 4) is 0 Å². The monoisotopic (exact) mass is 288 g/mol. The van der Waals surface area contributed by atoms with Crippen LogP contribution in [0.2, 0.25) is 0 Å². The molecule has 17 heavy (non-hydrogen) atoms. The topological polar surface area (TPSA) is 44.0 Å².